The highest BCUT2D eigenvalue weighted by atomic mass is 35.5. The lowest BCUT2D eigenvalue weighted by Gasteiger charge is -2.34. The minimum Gasteiger partial charge on any atom is -0.361 e. The average Bonchev–Trinajstić information content (AvgIpc) is 3.22. The van der Waals surface area contributed by atoms with E-state index >= 15 is 0 Å². The van der Waals surface area contributed by atoms with Gasteiger partial charge in [-0.05, 0) is 41.8 Å². The lowest BCUT2D eigenvalue weighted by atomic mass is 9.87. The number of nitrogens with zero attached hydrogens (tertiary/aromatic N) is 2. The predicted octanol–water partition coefficient (Wildman–Crippen LogP) is 5.07. The number of carbonyl (C=O) groups excluding carboxylic acids is 1. The molecule has 1 saturated heterocycles. The van der Waals surface area contributed by atoms with Crippen LogP contribution in [-0.2, 0) is 11.2 Å². The molecular weight excluding hydrogens is 394 g/mol. The average molecular weight is 424 g/mol. The summed E-state index contributed by atoms with van der Waals surface area (Å²) in [6.07, 6.45) is 3.53. The molecule has 30 heavy (non-hydrogen) atoms. The van der Waals surface area contributed by atoms with E-state index in [0.717, 1.165) is 44.7 Å². The Bertz CT molecular complexity index is 1000. The van der Waals surface area contributed by atoms with Crippen LogP contribution in [0.2, 0.25) is 5.02 Å². The van der Waals surface area contributed by atoms with Gasteiger partial charge in [0.2, 0.25) is 5.91 Å². The normalized spacial score (nSPS) is 16.2. The number of H-pyrrole nitrogens is 1. The summed E-state index contributed by atoms with van der Waals surface area (Å²) in [6, 6.07) is 14.4. The molecule has 0 aliphatic carbocycles. The van der Waals surface area contributed by atoms with E-state index in [-0.39, 0.29) is 11.8 Å². The molecule has 0 bridgehead atoms. The van der Waals surface area contributed by atoms with Crippen LogP contribution in [0.15, 0.2) is 48.7 Å². The zero-order valence-electron chi connectivity index (χ0n) is 17.8. The Hall–Kier alpha value is -2.30. The number of aryl methyl sites for hydroxylation is 1. The first-order valence-corrected chi connectivity index (χ1v) is 11.3. The van der Waals surface area contributed by atoms with Crippen molar-refractivity contribution < 1.29 is 4.79 Å². The standard InChI is InChI=1S/C25H30ClN3O/c1-3-18-6-5-7-21-23(17-27-25(18)21)22(19-8-10-20(26)11-9-19)16-24(30)29-14-12-28(4-2)13-15-29/h5-11,17,22,27H,3-4,12-16H2,1-2H3. The van der Waals surface area contributed by atoms with Gasteiger partial charge < -0.3 is 14.8 Å². The summed E-state index contributed by atoms with van der Waals surface area (Å²) >= 11 is 6.14. The summed E-state index contributed by atoms with van der Waals surface area (Å²) in [7, 11) is 0. The van der Waals surface area contributed by atoms with Gasteiger partial charge in [0.05, 0.1) is 0 Å². The Morgan fingerprint density at radius 2 is 1.80 bits per heavy atom. The lowest BCUT2D eigenvalue weighted by molar-refractivity contribution is -0.133. The minimum absolute atomic E-state index is 0.000160. The Morgan fingerprint density at radius 1 is 1.07 bits per heavy atom. The van der Waals surface area contributed by atoms with E-state index < -0.39 is 0 Å². The Morgan fingerprint density at radius 3 is 2.47 bits per heavy atom. The number of likely N-dealkylation sites (N-methyl/N-ethyl adjacent to an activating group) is 1. The number of hydrogen-bond acceptors (Lipinski definition) is 2. The van der Waals surface area contributed by atoms with Gasteiger partial charge in [-0.25, -0.2) is 0 Å². The largest absolute Gasteiger partial charge is 0.361 e. The molecule has 0 spiro atoms. The summed E-state index contributed by atoms with van der Waals surface area (Å²) in [4.78, 5) is 21.2. The van der Waals surface area contributed by atoms with Crippen LogP contribution in [0.3, 0.4) is 0 Å². The van der Waals surface area contributed by atoms with Gasteiger partial charge in [0.1, 0.15) is 0 Å². The number of amides is 1. The van der Waals surface area contributed by atoms with Crippen LogP contribution in [-0.4, -0.2) is 53.4 Å². The molecule has 1 atom stereocenters. The molecule has 0 saturated carbocycles. The van der Waals surface area contributed by atoms with E-state index in [0.29, 0.717) is 11.4 Å². The highest BCUT2D eigenvalue weighted by Crippen LogP contribution is 2.35. The quantitative estimate of drug-likeness (QED) is 0.601. The fourth-order valence-corrected chi connectivity index (χ4v) is 4.67. The van der Waals surface area contributed by atoms with E-state index in [1.54, 1.807) is 0 Å². The Labute approximate surface area is 183 Å². The number of halogens is 1. The fraction of sp³-hybridized carbons (Fsp3) is 0.400. The predicted molar refractivity (Wildman–Crippen MR) is 124 cm³/mol. The molecule has 1 amide bonds. The van der Waals surface area contributed by atoms with E-state index in [9.17, 15) is 4.79 Å². The number of hydrogen-bond donors (Lipinski definition) is 1. The number of para-hydroxylation sites is 1. The first-order valence-electron chi connectivity index (χ1n) is 10.9. The first kappa shape index (κ1) is 21.0. The van der Waals surface area contributed by atoms with Crippen molar-refractivity contribution in [2.24, 2.45) is 0 Å². The van der Waals surface area contributed by atoms with Gasteiger partial charge >= 0.3 is 0 Å². The van der Waals surface area contributed by atoms with Gasteiger partial charge in [-0.3, -0.25) is 4.79 Å². The zero-order valence-corrected chi connectivity index (χ0v) is 18.6. The minimum atomic E-state index is -0.000160. The van der Waals surface area contributed by atoms with E-state index in [4.69, 9.17) is 11.6 Å². The number of aromatic nitrogens is 1. The summed E-state index contributed by atoms with van der Waals surface area (Å²) in [6.45, 7) is 8.94. The molecule has 4 rings (SSSR count). The first-order chi connectivity index (χ1) is 14.6. The van der Waals surface area contributed by atoms with Gasteiger partial charge in [-0.15, -0.1) is 0 Å². The maximum absolute atomic E-state index is 13.3. The van der Waals surface area contributed by atoms with Crippen LogP contribution in [0.1, 0.15) is 42.9 Å². The molecule has 4 nitrogen and oxygen atoms in total. The van der Waals surface area contributed by atoms with Crippen molar-refractivity contribution in [1.82, 2.24) is 14.8 Å². The molecule has 1 N–H and O–H groups in total. The van der Waals surface area contributed by atoms with Crippen LogP contribution in [0, 0.1) is 0 Å². The second kappa shape index (κ2) is 9.23. The highest BCUT2D eigenvalue weighted by Gasteiger charge is 2.26. The molecule has 3 aromatic rings. The number of nitrogens with one attached hydrogen (secondary N) is 1. The summed E-state index contributed by atoms with van der Waals surface area (Å²) < 4.78 is 0. The molecule has 1 aliphatic heterocycles. The SMILES string of the molecule is CCc1cccc2c(C(CC(=O)N3CCN(CC)CC3)c3ccc(Cl)cc3)c[nH]c12. The molecule has 1 unspecified atom stereocenters. The van der Waals surface area contributed by atoms with E-state index in [1.165, 1.54) is 22.0 Å². The number of piperazine rings is 1. The van der Waals surface area contributed by atoms with Crippen molar-refractivity contribution in [3.63, 3.8) is 0 Å². The Balaban J connectivity index is 1.66. The van der Waals surface area contributed by atoms with Crippen molar-refractivity contribution in [2.75, 3.05) is 32.7 Å². The lowest BCUT2D eigenvalue weighted by Crippen LogP contribution is -2.48. The number of fused-ring (bicyclic) bond motifs is 1. The van der Waals surface area contributed by atoms with Crippen LogP contribution >= 0.6 is 11.6 Å². The topological polar surface area (TPSA) is 39.3 Å². The monoisotopic (exact) mass is 423 g/mol. The van der Waals surface area contributed by atoms with Crippen LogP contribution in [0.5, 0.6) is 0 Å². The zero-order chi connectivity index (χ0) is 21.1. The van der Waals surface area contributed by atoms with Gasteiger partial charge in [0, 0.05) is 60.6 Å². The van der Waals surface area contributed by atoms with E-state index in [2.05, 4.69) is 60.3 Å². The molecule has 1 aliphatic rings. The molecule has 5 heteroatoms. The third-order valence-corrected chi connectivity index (χ3v) is 6.67. The van der Waals surface area contributed by atoms with E-state index in [1.807, 2.05) is 17.0 Å². The second-order valence-electron chi connectivity index (χ2n) is 8.06. The number of aromatic amines is 1. The highest BCUT2D eigenvalue weighted by molar-refractivity contribution is 6.30. The summed E-state index contributed by atoms with van der Waals surface area (Å²) in [5, 5.41) is 1.92. The van der Waals surface area contributed by atoms with Crippen molar-refractivity contribution in [3.8, 4) is 0 Å². The molecule has 2 heterocycles. The van der Waals surface area contributed by atoms with Crippen molar-refractivity contribution in [1.29, 1.82) is 0 Å². The van der Waals surface area contributed by atoms with Crippen molar-refractivity contribution in [2.45, 2.75) is 32.6 Å². The molecular formula is C25H30ClN3O. The fourth-order valence-electron chi connectivity index (χ4n) is 4.54. The van der Waals surface area contributed by atoms with Crippen LogP contribution in [0.4, 0.5) is 0 Å². The second-order valence-corrected chi connectivity index (χ2v) is 8.50. The van der Waals surface area contributed by atoms with Crippen molar-refractivity contribution in [3.05, 3.63) is 70.4 Å². The Kier molecular flexibility index (Phi) is 6.45. The number of benzene rings is 2. The molecule has 158 valence electrons. The van der Waals surface area contributed by atoms with Crippen LogP contribution in [0.25, 0.3) is 10.9 Å². The summed E-state index contributed by atoms with van der Waals surface area (Å²) in [5.41, 5.74) is 4.79. The van der Waals surface area contributed by atoms with Gasteiger partial charge in [0.25, 0.3) is 0 Å². The molecule has 0 radical (unpaired) electrons. The maximum Gasteiger partial charge on any atom is 0.223 e. The smallest absolute Gasteiger partial charge is 0.223 e. The molecule has 1 fully saturated rings. The third-order valence-electron chi connectivity index (χ3n) is 6.41. The maximum atomic E-state index is 13.3. The number of carbonyl (C=O) groups is 1. The summed E-state index contributed by atoms with van der Waals surface area (Å²) in [5.74, 6) is 0.228. The third kappa shape index (κ3) is 4.26. The van der Waals surface area contributed by atoms with Gasteiger partial charge in [-0.2, -0.15) is 0 Å². The van der Waals surface area contributed by atoms with Gasteiger partial charge in [0.15, 0.2) is 0 Å². The molecule has 1 aromatic heterocycles. The van der Waals surface area contributed by atoms with Gasteiger partial charge in [-0.1, -0.05) is 55.8 Å². The molecule has 2 aromatic carbocycles. The van der Waals surface area contributed by atoms with Crippen molar-refractivity contribution >= 4 is 28.4 Å². The van der Waals surface area contributed by atoms with Crippen LogP contribution < -0.4 is 0 Å². The number of rotatable bonds is 6.